The van der Waals surface area contributed by atoms with Crippen LogP contribution in [-0.2, 0) is 18.3 Å². The summed E-state index contributed by atoms with van der Waals surface area (Å²) in [6, 6.07) is 2.21. The number of likely N-dealkylation sites (N-methyl/N-ethyl adjacent to an activating group) is 1. The van der Waals surface area contributed by atoms with Crippen LogP contribution in [0.5, 0.6) is 0 Å². The van der Waals surface area contributed by atoms with Gasteiger partial charge in [0.15, 0.2) is 0 Å². The van der Waals surface area contributed by atoms with Gasteiger partial charge in [-0.25, -0.2) is 0 Å². The van der Waals surface area contributed by atoms with Crippen molar-refractivity contribution in [3.8, 4) is 0 Å². The zero-order chi connectivity index (χ0) is 13.9. The second-order valence-electron chi connectivity index (χ2n) is 6.58. The molecule has 0 radical (unpaired) electrons. The van der Waals surface area contributed by atoms with E-state index in [1.54, 1.807) is 0 Å². The maximum atomic E-state index is 5.94. The first-order chi connectivity index (χ1) is 9.69. The molecule has 0 spiro atoms. The molecule has 1 aliphatic heterocycles. The summed E-state index contributed by atoms with van der Waals surface area (Å²) in [6.45, 7) is 6.35. The summed E-state index contributed by atoms with van der Waals surface area (Å²) in [6.07, 6.45) is 7.56. The molecule has 0 bridgehead atoms. The van der Waals surface area contributed by atoms with Gasteiger partial charge in [0.25, 0.3) is 0 Å². The maximum absolute atomic E-state index is 5.94. The highest BCUT2D eigenvalue weighted by atomic mass is 16.5. The van der Waals surface area contributed by atoms with Crippen LogP contribution in [0.25, 0.3) is 0 Å². The first-order valence-corrected chi connectivity index (χ1v) is 7.82. The highest BCUT2D eigenvalue weighted by molar-refractivity contribution is 5.09. The van der Waals surface area contributed by atoms with Gasteiger partial charge in [0.1, 0.15) is 0 Å². The van der Waals surface area contributed by atoms with E-state index in [9.17, 15) is 0 Å². The van der Waals surface area contributed by atoms with Gasteiger partial charge >= 0.3 is 0 Å². The van der Waals surface area contributed by atoms with Gasteiger partial charge in [-0.05, 0) is 37.4 Å². The largest absolute Gasteiger partial charge is 0.374 e. The lowest BCUT2D eigenvalue weighted by Gasteiger charge is -2.34. The minimum absolute atomic E-state index is 0.371. The smallest absolute Gasteiger partial charge is 0.0829 e. The molecule has 2 aliphatic rings. The normalized spacial score (nSPS) is 24.4. The van der Waals surface area contributed by atoms with E-state index in [1.165, 1.54) is 24.9 Å². The molecule has 2 heterocycles. The van der Waals surface area contributed by atoms with Crippen LogP contribution in [0.2, 0.25) is 0 Å². The predicted molar refractivity (Wildman–Crippen MR) is 80.7 cm³/mol. The summed E-state index contributed by atoms with van der Waals surface area (Å²) in [4.78, 5) is 4.98. The summed E-state index contributed by atoms with van der Waals surface area (Å²) in [5.74, 6) is 0.962. The molecule has 4 heteroatoms. The van der Waals surface area contributed by atoms with Crippen molar-refractivity contribution < 1.29 is 4.74 Å². The van der Waals surface area contributed by atoms with E-state index >= 15 is 0 Å². The van der Waals surface area contributed by atoms with Crippen molar-refractivity contribution in [1.29, 1.82) is 0 Å². The molecule has 0 unspecified atom stereocenters. The van der Waals surface area contributed by atoms with Crippen LogP contribution in [0.1, 0.15) is 18.4 Å². The molecule has 112 valence electrons. The molecule has 2 fully saturated rings. The van der Waals surface area contributed by atoms with Crippen LogP contribution in [0.3, 0.4) is 0 Å². The van der Waals surface area contributed by atoms with E-state index in [2.05, 4.69) is 46.9 Å². The van der Waals surface area contributed by atoms with E-state index in [0.717, 1.165) is 38.7 Å². The monoisotopic (exact) mass is 277 g/mol. The lowest BCUT2D eigenvalue weighted by Crippen LogP contribution is -2.46. The fourth-order valence-corrected chi connectivity index (χ4v) is 3.11. The number of morpholine rings is 1. The van der Waals surface area contributed by atoms with Crippen molar-refractivity contribution in [2.45, 2.75) is 25.5 Å². The zero-order valence-corrected chi connectivity index (χ0v) is 12.8. The average Bonchev–Trinajstić information content (AvgIpc) is 3.11. The van der Waals surface area contributed by atoms with Gasteiger partial charge in [0.05, 0.1) is 12.7 Å². The van der Waals surface area contributed by atoms with Crippen LogP contribution >= 0.6 is 0 Å². The molecule has 1 aromatic heterocycles. The molecule has 0 aromatic carbocycles. The molecule has 20 heavy (non-hydrogen) atoms. The summed E-state index contributed by atoms with van der Waals surface area (Å²) in [5.41, 5.74) is 1.40. The predicted octanol–water partition coefficient (Wildman–Crippen LogP) is 1.57. The van der Waals surface area contributed by atoms with Crippen molar-refractivity contribution in [3.63, 3.8) is 0 Å². The molecular weight excluding hydrogens is 250 g/mol. The highest BCUT2D eigenvalue weighted by Gasteiger charge is 2.26. The van der Waals surface area contributed by atoms with E-state index in [4.69, 9.17) is 4.74 Å². The van der Waals surface area contributed by atoms with Gasteiger partial charge in [-0.3, -0.25) is 4.90 Å². The lowest BCUT2D eigenvalue weighted by molar-refractivity contribution is -0.0434. The fourth-order valence-electron chi connectivity index (χ4n) is 3.11. The fraction of sp³-hybridized carbons (Fsp3) is 0.750. The Bertz CT molecular complexity index is 427. The summed E-state index contributed by atoms with van der Waals surface area (Å²) >= 11 is 0. The SMILES string of the molecule is CN(CC1CC1)C[C@@H]1CN(Cc2ccn(C)c2)CCO1. The molecule has 3 rings (SSSR count). The van der Waals surface area contributed by atoms with Crippen molar-refractivity contribution in [2.75, 3.05) is 39.8 Å². The lowest BCUT2D eigenvalue weighted by atomic mass is 10.2. The first kappa shape index (κ1) is 14.1. The van der Waals surface area contributed by atoms with Crippen molar-refractivity contribution in [2.24, 2.45) is 13.0 Å². The Morgan fingerprint density at radius 3 is 2.90 bits per heavy atom. The number of hydrogen-bond donors (Lipinski definition) is 0. The Labute approximate surface area is 122 Å². The van der Waals surface area contributed by atoms with Crippen molar-refractivity contribution in [3.05, 3.63) is 24.0 Å². The first-order valence-electron chi connectivity index (χ1n) is 7.82. The maximum Gasteiger partial charge on any atom is 0.0829 e. The second-order valence-corrected chi connectivity index (χ2v) is 6.58. The minimum atomic E-state index is 0.371. The molecule has 1 aliphatic carbocycles. The number of nitrogens with zero attached hydrogens (tertiary/aromatic N) is 3. The van der Waals surface area contributed by atoms with Crippen molar-refractivity contribution >= 4 is 0 Å². The van der Waals surface area contributed by atoms with Crippen LogP contribution < -0.4 is 0 Å². The van der Waals surface area contributed by atoms with Crippen LogP contribution in [0.4, 0.5) is 0 Å². The van der Waals surface area contributed by atoms with E-state index in [1.807, 2.05) is 0 Å². The summed E-state index contributed by atoms with van der Waals surface area (Å²) < 4.78 is 8.06. The third-order valence-electron chi connectivity index (χ3n) is 4.30. The highest BCUT2D eigenvalue weighted by Crippen LogP contribution is 2.29. The molecule has 1 atom stereocenters. The Hall–Kier alpha value is -0.840. The van der Waals surface area contributed by atoms with Crippen molar-refractivity contribution in [1.82, 2.24) is 14.4 Å². The van der Waals surface area contributed by atoms with Gasteiger partial charge in [-0.15, -0.1) is 0 Å². The Morgan fingerprint density at radius 1 is 1.35 bits per heavy atom. The number of ether oxygens (including phenoxy) is 1. The van der Waals surface area contributed by atoms with Crippen LogP contribution in [0.15, 0.2) is 18.5 Å². The van der Waals surface area contributed by atoms with Gasteiger partial charge in [0.2, 0.25) is 0 Å². The molecule has 1 saturated carbocycles. The average molecular weight is 277 g/mol. The third-order valence-corrected chi connectivity index (χ3v) is 4.30. The quantitative estimate of drug-likeness (QED) is 0.787. The molecular formula is C16H27N3O. The minimum Gasteiger partial charge on any atom is -0.374 e. The topological polar surface area (TPSA) is 20.6 Å². The number of aromatic nitrogens is 1. The molecule has 1 aromatic rings. The van der Waals surface area contributed by atoms with Crippen LogP contribution in [-0.4, -0.2) is 60.3 Å². The van der Waals surface area contributed by atoms with E-state index < -0.39 is 0 Å². The van der Waals surface area contributed by atoms with Gasteiger partial charge in [0, 0.05) is 52.2 Å². The number of hydrogen-bond acceptors (Lipinski definition) is 3. The Balaban J connectivity index is 1.45. The van der Waals surface area contributed by atoms with Crippen LogP contribution in [0, 0.1) is 5.92 Å². The van der Waals surface area contributed by atoms with Gasteiger partial charge < -0.3 is 14.2 Å². The Morgan fingerprint density at radius 2 is 2.20 bits per heavy atom. The summed E-state index contributed by atoms with van der Waals surface area (Å²) in [5, 5.41) is 0. The van der Waals surface area contributed by atoms with Gasteiger partial charge in [-0.2, -0.15) is 0 Å². The molecule has 0 N–H and O–H groups in total. The third kappa shape index (κ3) is 4.08. The molecule has 0 amide bonds. The molecule has 1 saturated heterocycles. The number of aryl methyl sites for hydroxylation is 1. The second kappa shape index (κ2) is 6.29. The number of rotatable bonds is 6. The van der Waals surface area contributed by atoms with Gasteiger partial charge in [-0.1, -0.05) is 0 Å². The zero-order valence-electron chi connectivity index (χ0n) is 12.8. The Kier molecular flexibility index (Phi) is 4.44. The molecule has 4 nitrogen and oxygen atoms in total. The van der Waals surface area contributed by atoms with E-state index in [-0.39, 0.29) is 0 Å². The summed E-state index contributed by atoms with van der Waals surface area (Å²) in [7, 11) is 4.32. The standard InChI is InChI=1S/C16H27N3O/c1-17-6-5-15(10-17)11-19-7-8-20-16(13-19)12-18(2)9-14-3-4-14/h5-6,10,14,16H,3-4,7-9,11-13H2,1-2H3/t16-/m1/s1. The van der Waals surface area contributed by atoms with E-state index in [0.29, 0.717) is 6.10 Å².